The van der Waals surface area contributed by atoms with Crippen molar-refractivity contribution >= 4 is 0 Å². The number of benzene rings is 1. The van der Waals surface area contributed by atoms with Crippen molar-refractivity contribution in [2.24, 2.45) is 0 Å². The zero-order chi connectivity index (χ0) is 21.8. The Balaban J connectivity index is 0.000000231. The van der Waals surface area contributed by atoms with Gasteiger partial charge < -0.3 is 24.1 Å². The molecule has 2 saturated heterocycles. The highest BCUT2D eigenvalue weighted by atomic mass is 16.8. The van der Waals surface area contributed by atoms with Crippen molar-refractivity contribution in [2.75, 3.05) is 26.4 Å². The second-order valence-electron chi connectivity index (χ2n) is 6.90. The smallest absolute Gasteiger partial charge is 0.160 e. The molecule has 1 N–H and O–H groups in total. The fourth-order valence-corrected chi connectivity index (χ4v) is 2.89. The van der Waals surface area contributed by atoms with Gasteiger partial charge in [-0.1, -0.05) is 53.7 Å². The number of hydrogen-bond acceptors (Lipinski definition) is 5. The molecule has 2 unspecified atom stereocenters. The van der Waals surface area contributed by atoms with E-state index in [-0.39, 0.29) is 19.2 Å². The molecule has 0 radical (unpaired) electrons. The Bertz CT molecular complexity index is 744. The zero-order valence-electron chi connectivity index (χ0n) is 18.1. The van der Waals surface area contributed by atoms with Crippen LogP contribution in [0.5, 0.6) is 5.75 Å². The van der Waals surface area contributed by atoms with Crippen molar-refractivity contribution in [2.45, 2.75) is 63.9 Å². The fraction of sp³-hybridized carbons (Fsp3) is 0.538. The van der Waals surface area contributed by atoms with E-state index in [0.717, 1.165) is 31.8 Å². The van der Waals surface area contributed by atoms with E-state index in [1.54, 1.807) is 0 Å². The van der Waals surface area contributed by atoms with Crippen molar-refractivity contribution < 1.29 is 24.1 Å². The molecule has 0 saturated carbocycles. The molecule has 2 aliphatic rings. The summed E-state index contributed by atoms with van der Waals surface area (Å²) in [5.74, 6) is 17.6. The van der Waals surface area contributed by atoms with Crippen LogP contribution >= 0.6 is 0 Å². The molecule has 1 aromatic rings. The Kier molecular flexibility index (Phi) is 13.8. The van der Waals surface area contributed by atoms with Crippen LogP contribution in [0.2, 0.25) is 0 Å². The van der Waals surface area contributed by atoms with Gasteiger partial charge in [-0.25, -0.2) is 0 Å². The van der Waals surface area contributed by atoms with Crippen LogP contribution in [0, 0.1) is 35.5 Å². The minimum atomic E-state index is -0.113. The molecule has 2 fully saturated rings. The summed E-state index contributed by atoms with van der Waals surface area (Å²) < 4.78 is 22.0. The molecule has 0 bridgehead atoms. The summed E-state index contributed by atoms with van der Waals surface area (Å²) in [6.07, 6.45) is 7.82. The maximum Gasteiger partial charge on any atom is 0.160 e. The number of aliphatic hydroxyl groups is 1. The van der Waals surface area contributed by atoms with Crippen LogP contribution in [-0.4, -0.2) is 44.1 Å². The highest BCUT2D eigenvalue weighted by Gasteiger charge is 2.21. The van der Waals surface area contributed by atoms with Crippen LogP contribution in [0.3, 0.4) is 0 Å². The second-order valence-corrected chi connectivity index (χ2v) is 6.90. The molecule has 2 heterocycles. The molecule has 1 aromatic carbocycles. The Morgan fingerprint density at radius 1 is 0.774 bits per heavy atom. The van der Waals surface area contributed by atoms with Gasteiger partial charge in [-0.3, -0.25) is 0 Å². The number of para-hydroxylation sites is 1. The topological polar surface area (TPSA) is 57.2 Å². The molecule has 0 aliphatic carbocycles. The summed E-state index contributed by atoms with van der Waals surface area (Å²) in [5.41, 5.74) is 0. The van der Waals surface area contributed by atoms with Gasteiger partial charge in [0, 0.05) is 13.2 Å². The molecule has 0 aromatic heterocycles. The highest BCUT2D eigenvalue weighted by Crippen LogP contribution is 2.20. The lowest BCUT2D eigenvalue weighted by Crippen LogP contribution is -2.31. The SMILES string of the molecule is C1CCC(OC2CCCCO2)OC1.OCC#CCC#CCC#CCOc1ccccc1. The van der Waals surface area contributed by atoms with E-state index in [2.05, 4.69) is 35.5 Å². The van der Waals surface area contributed by atoms with E-state index < -0.39 is 0 Å². The first-order valence-electron chi connectivity index (χ1n) is 10.9. The molecule has 31 heavy (non-hydrogen) atoms. The first kappa shape index (κ1) is 24.8. The first-order valence-corrected chi connectivity index (χ1v) is 10.9. The molecule has 0 spiro atoms. The average Bonchev–Trinajstić information content (AvgIpc) is 2.83. The maximum absolute atomic E-state index is 8.40. The predicted octanol–water partition coefficient (Wildman–Crippen LogP) is 3.90. The monoisotopic (exact) mass is 424 g/mol. The summed E-state index contributed by atoms with van der Waals surface area (Å²) in [5, 5.41) is 8.40. The Labute approximate surface area is 186 Å². The van der Waals surface area contributed by atoms with Crippen molar-refractivity contribution in [3.63, 3.8) is 0 Å². The third-order valence-corrected chi connectivity index (χ3v) is 4.44. The standard InChI is InChI=1S/C16H14O2.C10H18O3/c17-14-10-5-3-1-2-4-6-11-15-18-16-12-8-7-9-13-16;1-3-7-11-9(5-1)13-10-6-2-4-8-12-10/h7-9,12-13,17H,3-4,14-15H2;9-10H,1-8H2. The van der Waals surface area contributed by atoms with E-state index in [0.29, 0.717) is 19.4 Å². The van der Waals surface area contributed by atoms with Crippen LogP contribution in [0.4, 0.5) is 0 Å². The summed E-state index contributed by atoms with van der Waals surface area (Å²) >= 11 is 0. The minimum absolute atomic E-state index is 0.00292. The lowest BCUT2D eigenvalue weighted by atomic mass is 10.2. The Morgan fingerprint density at radius 2 is 1.35 bits per heavy atom. The average molecular weight is 425 g/mol. The van der Waals surface area contributed by atoms with Crippen molar-refractivity contribution in [3.05, 3.63) is 30.3 Å². The summed E-state index contributed by atoms with van der Waals surface area (Å²) in [6, 6.07) is 9.56. The van der Waals surface area contributed by atoms with Crippen LogP contribution in [-0.2, 0) is 14.2 Å². The summed E-state index contributed by atoms with van der Waals surface area (Å²) in [6.45, 7) is 1.95. The van der Waals surface area contributed by atoms with E-state index in [4.69, 9.17) is 24.1 Å². The van der Waals surface area contributed by atoms with E-state index >= 15 is 0 Å². The number of aliphatic hydroxyl groups excluding tert-OH is 1. The lowest BCUT2D eigenvalue weighted by molar-refractivity contribution is -0.264. The first-order chi connectivity index (χ1) is 15.4. The van der Waals surface area contributed by atoms with Gasteiger partial charge in [0.2, 0.25) is 0 Å². The number of rotatable bonds is 4. The largest absolute Gasteiger partial charge is 0.481 e. The van der Waals surface area contributed by atoms with E-state index in [9.17, 15) is 0 Å². The molecule has 0 amide bonds. The van der Waals surface area contributed by atoms with Gasteiger partial charge >= 0.3 is 0 Å². The van der Waals surface area contributed by atoms with Gasteiger partial charge in [-0.2, -0.15) is 0 Å². The number of hydrogen-bond donors (Lipinski definition) is 1. The van der Waals surface area contributed by atoms with E-state index in [1.165, 1.54) is 25.7 Å². The second kappa shape index (κ2) is 17.2. The Morgan fingerprint density at radius 3 is 1.90 bits per heavy atom. The summed E-state index contributed by atoms with van der Waals surface area (Å²) in [7, 11) is 0. The zero-order valence-corrected chi connectivity index (χ0v) is 18.1. The Hall–Kier alpha value is -2.46. The number of ether oxygens (including phenoxy) is 4. The van der Waals surface area contributed by atoms with Gasteiger partial charge in [-0.15, -0.1) is 0 Å². The minimum Gasteiger partial charge on any atom is -0.481 e. The van der Waals surface area contributed by atoms with Gasteiger partial charge in [0.15, 0.2) is 12.6 Å². The molecule has 166 valence electrons. The van der Waals surface area contributed by atoms with Gasteiger partial charge in [0.05, 0.1) is 12.8 Å². The molecule has 5 nitrogen and oxygen atoms in total. The van der Waals surface area contributed by atoms with Crippen molar-refractivity contribution in [1.29, 1.82) is 0 Å². The molecule has 2 aliphatic heterocycles. The quantitative estimate of drug-likeness (QED) is 0.743. The van der Waals surface area contributed by atoms with Crippen molar-refractivity contribution in [1.82, 2.24) is 0 Å². The lowest BCUT2D eigenvalue weighted by Gasteiger charge is -2.29. The van der Waals surface area contributed by atoms with Gasteiger partial charge in [0.25, 0.3) is 0 Å². The van der Waals surface area contributed by atoms with Crippen LogP contribution < -0.4 is 4.74 Å². The van der Waals surface area contributed by atoms with Crippen LogP contribution in [0.25, 0.3) is 0 Å². The van der Waals surface area contributed by atoms with Crippen LogP contribution in [0.15, 0.2) is 30.3 Å². The molecule has 3 rings (SSSR count). The van der Waals surface area contributed by atoms with Crippen LogP contribution in [0.1, 0.15) is 51.4 Å². The molecule has 5 heteroatoms. The summed E-state index contributed by atoms with van der Waals surface area (Å²) in [4.78, 5) is 0. The molecule has 2 atom stereocenters. The highest BCUT2D eigenvalue weighted by molar-refractivity contribution is 5.22. The van der Waals surface area contributed by atoms with Gasteiger partial charge in [-0.05, 0) is 50.7 Å². The fourth-order valence-electron chi connectivity index (χ4n) is 2.89. The van der Waals surface area contributed by atoms with E-state index in [1.807, 2.05) is 30.3 Å². The normalized spacial score (nSPS) is 19.6. The third-order valence-electron chi connectivity index (χ3n) is 4.44. The van der Waals surface area contributed by atoms with Crippen molar-refractivity contribution in [3.8, 4) is 41.3 Å². The molecular weight excluding hydrogens is 392 g/mol. The maximum atomic E-state index is 8.40. The molecular formula is C26H32O5. The van der Waals surface area contributed by atoms with Gasteiger partial charge in [0.1, 0.15) is 19.0 Å². The predicted molar refractivity (Wildman–Crippen MR) is 120 cm³/mol. The third kappa shape index (κ3) is 12.7.